The Morgan fingerprint density at radius 2 is 2.27 bits per heavy atom. The van der Waals surface area contributed by atoms with Crippen LogP contribution in [-0.4, -0.2) is 19.0 Å². The van der Waals surface area contributed by atoms with Crippen molar-refractivity contribution in [1.29, 1.82) is 0 Å². The third-order valence-corrected chi connectivity index (χ3v) is 2.78. The Balaban J connectivity index is 2.29. The number of hydrogen-bond donors (Lipinski definition) is 1. The lowest BCUT2D eigenvalue weighted by Gasteiger charge is -2.11. The summed E-state index contributed by atoms with van der Waals surface area (Å²) >= 11 is 0. The van der Waals surface area contributed by atoms with Gasteiger partial charge in [-0.2, -0.15) is 0 Å². The third-order valence-electron chi connectivity index (χ3n) is 2.78. The molecule has 1 aromatic carbocycles. The Bertz CT molecular complexity index is 399. The second-order valence-corrected chi connectivity index (χ2v) is 4.27. The van der Waals surface area contributed by atoms with E-state index < -0.39 is 0 Å². The molecule has 2 N–H and O–H groups in total. The Kier molecular flexibility index (Phi) is 2.49. The van der Waals surface area contributed by atoms with Crippen LogP contribution in [0.2, 0.25) is 0 Å². The summed E-state index contributed by atoms with van der Waals surface area (Å²) in [4.78, 5) is 13.2. The fraction of sp³-hybridized carbons (Fsp3) is 0.417. The maximum atomic E-state index is 11.5. The second-order valence-electron chi connectivity index (χ2n) is 4.27. The number of benzene rings is 1. The highest BCUT2D eigenvalue weighted by atomic mass is 16.2. The lowest BCUT2D eigenvalue weighted by atomic mass is 10.0. The molecule has 0 aromatic heterocycles. The van der Waals surface area contributed by atoms with Gasteiger partial charge in [0.1, 0.15) is 0 Å². The number of anilines is 1. The molecule has 3 nitrogen and oxygen atoms in total. The number of nitrogens with two attached hydrogens (primary N) is 1. The first-order valence-electron chi connectivity index (χ1n) is 5.22. The molecule has 1 aromatic rings. The molecular formula is C12H16N2O. The highest BCUT2D eigenvalue weighted by Gasteiger charge is 2.23. The van der Waals surface area contributed by atoms with E-state index in [9.17, 15) is 4.79 Å². The Labute approximate surface area is 89.9 Å². The third kappa shape index (κ3) is 1.88. The number of nitrogens with zero attached hydrogens (tertiary/aromatic N) is 1. The Morgan fingerprint density at radius 1 is 1.53 bits per heavy atom. The summed E-state index contributed by atoms with van der Waals surface area (Å²) in [5.74, 6) is 0.169. The maximum Gasteiger partial charge on any atom is 0.231 e. The first-order chi connectivity index (χ1) is 7.08. The predicted molar refractivity (Wildman–Crippen MR) is 60.9 cm³/mol. The van der Waals surface area contributed by atoms with E-state index in [2.05, 4.69) is 12.1 Å². The van der Waals surface area contributed by atoms with Crippen molar-refractivity contribution in [2.24, 2.45) is 5.73 Å². The average Bonchev–Trinajstić information content (AvgIpc) is 2.41. The lowest BCUT2D eigenvalue weighted by Crippen LogP contribution is -2.20. The number of hydrogen-bond acceptors (Lipinski definition) is 2. The van der Waals surface area contributed by atoms with Crippen molar-refractivity contribution < 1.29 is 4.79 Å². The molecule has 2 rings (SSSR count). The van der Waals surface area contributed by atoms with Gasteiger partial charge in [0, 0.05) is 18.8 Å². The standard InChI is InChI=1S/C12H16N2O/c1-8(13)5-9-3-4-11-10(6-9)7-12(15)14(11)2/h3-4,6,8H,5,7,13H2,1-2H3. The minimum Gasteiger partial charge on any atom is -0.328 e. The fourth-order valence-corrected chi connectivity index (χ4v) is 2.02. The normalized spacial score (nSPS) is 16.7. The molecule has 1 heterocycles. The van der Waals surface area contributed by atoms with E-state index >= 15 is 0 Å². The number of rotatable bonds is 2. The van der Waals surface area contributed by atoms with Crippen LogP contribution >= 0.6 is 0 Å². The van der Waals surface area contributed by atoms with Crippen molar-refractivity contribution in [3.8, 4) is 0 Å². The van der Waals surface area contributed by atoms with Gasteiger partial charge in [0.2, 0.25) is 5.91 Å². The molecule has 15 heavy (non-hydrogen) atoms. The van der Waals surface area contributed by atoms with Crippen LogP contribution < -0.4 is 10.6 Å². The predicted octanol–water partition coefficient (Wildman–Crippen LogP) is 1.10. The van der Waals surface area contributed by atoms with E-state index in [1.807, 2.05) is 20.0 Å². The van der Waals surface area contributed by atoms with E-state index in [0.717, 1.165) is 17.7 Å². The first-order valence-corrected chi connectivity index (χ1v) is 5.22. The SMILES string of the molecule is CC(N)Cc1ccc2c(c1)CC(=O)N2C. The van der Waals surface area contributed by atoms with Crippen molar-refractivity contribution in [2.75, 3.05) is 11.9 Å². The number of likely N-dealkylation sites (N-methyl/N-ethyl adjacent to an activating group) is 1. The van der Waals surface area contributed by atoms with E-state index in [1.54, 1.807) is 4.90 Å². The van der Waals surface area contributed by atoms with Crippen molar-refractivity contribution in [1.82, 2.24) is 0 Å². The van der Waals surface area contributed by atoms with Gasteiger partial charge in [-0.1, -0.05) is 12.1 Å². The molecule has 0 radical (unpaired) electrons. The molecule has 0 bridgehead atoms. The summed E-state index contributed by atoms with van der Waals surface area (Å²) in [6.45, 7) is 1.99. The molecule has 1 amide bonds. The zero-order valence-corrected chi connectivity index (χ0v) is 9.16. The van der Waals surface area contributed by atoms with Crippen molar-refractivity contribution in [2.45, 2.75) is 25.8 Å². The van der Waals surface area contributed by atoms with Gasteiger partial charge in [-0.15, -0.1) is 0 Å². The maximum absolute atomic E-state index is 11.5. The minimum absolute atomic E-state index is 0.165. The summed E-state index contributed by atoms with van der Waals surface area (Å²) < 4.78 is 0. The van der Waals surface area contributed by atoms with Crippen LogP contribution in [0, 0.1) is 0 Å². The van der Waals surface area contributed by atoms with Gasteiger partial charge in [-0.25, -0.2) is 0 Å². The molecule has 1 atom stereocenters. The number of carbonyl (C=O) groups excluding carboxylic acids is 1. The van der Waals surface area contributed by atoms with Gasteiger partial charge in [-0.3, -0.25) is 4.79 Å². The van der Waals surface area contributed by atoms with Crippen molar-refractivity contribution in [3.05, 3.63) is 29.3 Å². The highest BCUT2D eigenvalue weighted by Crippen LogP contribution is 2.28. The summed E-state index contributed by atoms with van der Waals surface area (Å²) in [6, 6.07) is 6.33. The number of carbonyl (C=O) groups is 1. The van der Waals surface area contributed by atoms with Crippen LogP contribution in [0.15, 0.2) is 18.2 Å². The molecule has 0 spiro atoms. The second kappa shape index (κ2) is 3.66. The average molecular weight is 204 g/mol. The van der Waals surface area contributed by atoms with Crippen LogP contribution in [0.5, 0.6) is 0 Å². The number of amides is 1. The van der Waals surface area contributed by atoms with Gasteiger partial charge in [-0.05, 0) is 30.5 Å². The molecule has 1 unspecified atom stereocenters. The van der Waals surface area contributed by atoms with Crippen molar-refractivity contribution in [3.63, 3.8) is 0 Å². The lowest BCUT2D eigenvalue weighted by molar-refractivity contribution is -0.117. The quantitative estimate of drug-likeness (QED) is 0.784. The van der Waals surface area contributed by atoms with Crippen LogP contribution in [0.1, 0.15) is 18.1 Å². The van der Waals surface area contributed by atoms with Gasteiger partial charge < -0.3 is 10.6 Å². The zero-order chi connectivity index (χ0) is 11.0. The van der Waals surface area contributed by atoms with Crippen LogP contribution in [0.3, 0.4) is 0 Å². The molecule has 0 saturated heterocycles. The smallest absolute Gasteiger partial charge is 0.231 e. The zero-order valence-electron chi connectivity index (χ0n) is 9.16. The Morgan fingerprint density at radius 3 is 2.93 bits per heavy atom. The molecular weight excluding hydrogens is 188 g/mol. The first kappa shape index (κ1) is 10.2. The summed E-state index contributed by atoms with van der Waals surface area (Å²) in [6.07, 6.45) is 1.39. The molecule has 80 valence electrons. The van der Waals surface area contributed by atoms with Gasteiger partial charge >= 0.3 is 0 Å². The Hall–Kier alpha value is -1.35. The van der Waals surface area contributed by atoms with E-state index in [0.29, 0.717) is 6.42 Å². The van der Waals surface area contributed by atoms with E-state index in [4.69, 9.17) is 5.73 Å². The van der Waals surface area contributed by atoms with Gasteiger partial charge in [0.15, 0.2) is 0 Å². The highest BCUT2D eigenvalue weighted by molar-refractivity contribution is 6.00. The fourth-order valence-electron chi connectivity index (χ4n) is 2.02. The molecule has 3 heteroatoms. The monoisotopic (exact) mass is 204 g/mol. The van der Waals surface area contributed by atoms with E-state index in [1.165, 1.54) is 5.56 Å². The molecule has 0 saturated carbocycles. The van der Waals surface area contributed by atoms with Crippen molar-refractivity contribution >= 4 is 11.6 Å². The van der Waals surface area contributed by atoms with Gasteiger partial charge in [0.05, 0.1) is 6.42 Å². The molecule has 1 aliphatic heterocycles. The largest absolute Gasteiger partial charge is 0.328 e. The van der Waals surface area contributed by atoms with Gasteiger partial charge in [0.25, 0.3) is 0 Å². The van der Waals surface area contributed by atoms with Crippen LogP contribution in [-0.2, 0) is 17.6 Å². The van der Waals surface area contributed by atoms with Crippen LogP contribution in [0.4, 0.5) is 5.69 Å². The summed E-state index contributed by atoms with van der Waals surface area (Å²) in [7, 11) is 1.82. The molecule has 0 aliphatic carbocycles. The van der Waals surface area contributed by atoms with Crippen LogP contribution in [0.25, 0.3) is 0 Å². The molecule has 1 aliphatic rings. The van der Waals surface area contributed by atoms with E-state index in [-0.39, 0.29) is 11.9 Å². The molecule has 0 fully saturated rings. The topological polar surface area (TPSA) is 46.3 Å². The minimum atomic E-state index is 0.165. The summed E-state index contributed by atoms with van der Waals surface area (Å²) in [5, 5.41) is 0. The number of fused-ring (bicyclic) bond motifs is 1. The summed E-state index contributed by atoms with van der Waals surface area (Å²) in [5.41, 5.74) is 9.12.